The third kappa shape index (κ3) is 4.59. The Bertz CT molecular complexity index is 885. The second-order valence-corrected chi connectivity index (χ2v) is 17.8. The van der Waals surface area contributed by atoms with Crippen molar-refractivity contribution in [1.29, 1.82) is 0 Å². The van der Waals surface area contributed by atoms with Crippen molar-refractivity contribution in [1.82, 2.24) is 0 Å². The first-order valence-corrected chi connectivity index (χ1v) is 14.2. The van der Waals surface area contributed by atoms with Crippen molar-refractivity contribution in [2.24, 2.45) is 21.7 Å². The lowest BCUT2D eigenvalue weighted by Gasteiger charge is -2.46. The van der Waals surface area contributed by atoms with Crippen molar-refractivity contribution >= 4 is 35.1 Å². The number of thioether (sulfide) groups is 2. The smallest absolute Gasteiger partial charge is 0.185 e. The quantitative estimate of drug-likeness (QED) is 0.335. The lowest BCUT2D eigenvalue weighted by atomic mass is 9.65. The highest BCUT2D eigenvalue weighted by Gasteiger charge is 2.60. The predicted octanol–water partition coefficient (Wildman–Crippen LogP) is 8.35. The standard InChI is InChI=1S/C30H44O2S2/c1-18-33-29(14-19(25(2,3)4)23(31)20(15-29)26(5,6)7)30(34-18)16-21(27(8,9)10)24(32)22(17-30)28(11,12)13/h14-18H,1-13H3. The van der Waals surface area contributed by atoms with Crippen molar-refractivity contribution in [2.75, 3.05) is 0 Å². The molecule has 2 nitrogen and oxygen atoms in total. The molecule has 0 saturated carbocycles. The van der Waals surface area contributed by atoms with E-state index in [1.54, 1.807) is 0 Å². The molecular formula is C30H44O2S2. The number of hydrogen-bond acceptors (Lipinski definition) is 4. The lowest BCUT2D eigenvalue weighted by molar-refractivity contribution is -0.115. The Labute approximate surface area is 216 Å². The molecule has 0 unspecified atom stereocenters. The number of allylic oxidation sites excluding steroid dienone is 4. The van der Waals surface area contributed by atoms with Gasteiger partial charge in [0, 0.05) is 26.9 Å². The van der Waals surface area contributed by atoms with Gasteiger partial charge in [-0.05, 0) is 28.6 Å². The number of carbonyl (C=O) groups excluding carboxylic acids is 2. The van der Waals surface area contributed by atoms with Crippen LogP contribution in [-0.2, 0) is 9.59 Å². The molecule has 188 valence electrons. The van der Waals surface area contributed by atoms with Gasteiger partial charge in [0.1, 0.15) is 0 Å². The Morgan fingerprint density at radius 3 is 0.912 bits per heavy atom. The maximum atomic E-state index is 13.8. The van der Waals surface area contributed by atoms with Gasteiger partial charge >= 0.3 is 0 Å². The van der Waals surface area contributed by atoms with E-state index >= 15 is 0 Å². The minimum Gasteiger partial charge on any atom is -0.289 e. The van der Waals surface area contributed by atoms with E-state index in [-0.39, 0.29) is 33.2 Å². The SMILES string of the molecule is CC1SC2(C=C(C(C)(C)C)C(=O)C(C(C)(C)C)=C2)C2(C=C(C(C)(C)C)C(=O)C(C(C)(C)C)=C2)S1. The fourth-order valence-corrected chi connectivity index (χ4v) is 8.95. The molecule has 34 heavy (non-hydrogen) atoms. The molecule has 1 saturated heterocycles. The highest BCUT2D eigenvalue weighted by atomic mass is 32.2. The number of Topliss-reactive ketones (excluding diaryl/α,β-unsaturated/α-hetero) is 2. The van der Waals surface area contributed by atoms with E-state index < -0.39 is 9.49 Å². The zero-order chi connectivity index (χ0) is 26.3. The van der Waals surface area contributed by atoms with Gasteiger partial charge in [-0.3, -0.25) is 9.59 Å². The fraction of sp³-hybridized carbons (Fsp3) is 0.667. The molecule has 4 heteroatoms. The number of rotatable bonds is 0. The molecule has 0 amide bonds. The van der Waals surface area contributed by atoms with Gasteiger partial charge in [0.05, 0.1) is 9.49 Å². The van der Waals surface area contributed by atoms with E-state index in [9.17, 15) is 9.59 Å². The first-order chi connectivity index (χ1) is 15.0. The molecule has 0 N–H and O–H groups in total. The van der Waals surface area contributed by atoms with Gasteiger partial charge in [-0.15, -0.1) is 23.5 Å². The van der Waals surface area contributed by atoms with Crippen LogP contribution in [0.15, 0.2) is 46.6 Å². The molecule has 0 bridgehead atoms. The molecule has 0 aromatic carbocycles. The van der Waals surface area contributed by atoms with Gasteiger partial charge < -0.3 is 0 Å². The van der Waals surface area contributed by atoms with Gasteiger partial charge in [0.25, 0.3) is 0 Å². The normalized spacial score (nSPS) is 23.8. The second-order valence-electron chi connectivity index (χ2n) is 14.3. The molecule has 2 spiro atoms. The summed E-state index contributed by atoms with van der Waals surface area (Å²) in [5.74, 6) is 0.329. The van der Waals surface area contributed by atoms with Crippen LogP contribution in [0.3, 0.4) is 0 Å². The van der Waals surface area contributed by atoms with Crippen LogP contribution in [0.2, 0.25) is 0 Å². The van der Waals surface area contributed by atoms with Crippen LogP contribution in [-0.4, -0.2) is 25.6 Å². The second kappa shape index (κ2) is 8.00. The van der Waals surface area contributed by atoms with Gasteiger partial charge in [0.15, 0.2) is 11.6 Å². The molecule has 3 aliphatic rings. The van der Waals surface area contributed by atoms with Crippen molar-refractivity contribution in [3.05, 3.63) is 46.6 Å². The minimum atomic E-state index is -0.441. The summed E-state index contributed by atoms with van der Waals surface area (Å²) in [7, 11) is 0. The zero-order valence-electron chi connectivity index (χ0n) is 23.5. The molecule has 0 radical (unpaired) electrons. The van der Waals surface area contributed by atoms with Crippen molar-refractivity contribution in [3.8, 4) is 0 Å². The summed E-state index contributed by atoms with van der Waals surface area (Å²) in [6, 6.07) is 0. The summed E-state index contributed by atoms with van der Waals surface area (Å²) in [5.41, 5.74) is 2.44. The van der Waals surface area contributed by atoms with Crippen molar-refractivity contribution in [2.45, 2.75) is 104 Å². The lowest BCUT2D eigenvalue weighted by Crippen LogP contribution is -2.48. The van der Waals surface area contributed by atoms with Crippen LogP contribution >= 0.6 is 23.5 Å². The van der Waals surface area contributed by atoms with Crippen molar-refractivity contribution in [3.63, 3.8) is 0 Å². The summed E-state index contributed by atoms with van der Waals surface area (Å²) < 4.78 is -0.570. The highest BCUT2D eigenvalue weighted by Crippen LogP contribution is 2.66. The van der Waals surface area contributed by atoms with E-state index in [2.05, 4.69) is 114 Å². The molecule has 1 aliphatic heterocycles. The Hall–Kier alpha value is -1.00. The highest BCUT2D eigenvalue weighted by molar-refractivity contribution is 8.22. The molecule has 0 aromatic heterocycles. The maximum Gasteiger partial charge on any atom is 0.185 e. The summed E-state index contributed by atoms with van der Waals surface area (Å²) in [6.07, 6.45) is 9.04. The molecule has 2 aliphatic carbocycles. The monoisotopic (exact) mass is 500 g/mol. The molecule has 0 aromatic rings. The van der Waals surface area contributed by atoms with E-state index in [1.165, 1.54) is 0 Å². The van der Waals surface area contributed by atoms with Crippen LogP contribution in [0.4, 0.5) is 0 Å². The number of carbonyl (C=O) groups is 2. The maximum absolute atomic E-state index is 13.8. The van der Waals surface area contributed by atoms with E-state index in [4.69, 9.17) is 0 Å². The summed E-state index contributed by atoms with van der Waals surface area (Å²) in [4.78, 5) is 27.5. The first kappa shape index (κ1) is 27.6. The fourth-order valence-electron chi connectivity index (χ4n) is 5.07. The topological polar surface area (TPSA) is 34.1 Å². The van der Waals surface area contributed by atoms with Crippen molar-refractivity contribution < 1.29 is 9.59 Å². The van der Waals surface area contributed by atoms with Gasteiger partial charge in [-0.1, -0.05) is 107 Å². The number of fused-ring (bicyclic) bond motifs is 1. The minimum absolute atomic E-state index is 0.165. The van der Waals surface area contributed by atoms with E-state index in [0.29, 0.717) is 4.58 Å². The van der Waals surface area contributed by atoms with Crippen LogP contribution in [0.25, 0.3) is 0 Å². The van der Waals surface area contributed by atoms with Crippen LogP contribution < -0.4 is 0 Å². The van der Waals surface area contributed by atoms with E-state index in [0.717, 1.165) is 22.3 Å². The van der Waals surface area contributed by atoms with Crippen LogP contribution in [0, 0.1) is 21.7 Å². The summed E-state index contributed by atoms with van der Waals surface area (Å²) in [6.45, 7) is 27.9. The summed E-state index contributed by atoms with van der Waals surface area (Å²) in [5, 5.41) is 0. The number of hydrogen-bond donors (Lipinski definition) is 0. The average molecular weight is 501 g/mol. The molecule has 3 rings (SSSR count). The molecule has 0 atom stereocenters. The number of ketones is 2. The average Bonchev–Trinajstić information content (AvgIpc) is 2.85. The molecule has 1 fully saturated rings. The largest absolute Gasteiger partial charge is 0.289 e. The van der Waals surface area contributed by atoms with E-state index in [1.807, 2.05) is 23.5 Å². The Balaban J connectivity index is 2.47. The molecular weight excluding hydrogens is 456 g/mol. The van der Waals surface area contributed by atoms with Gasteiger partial charge in [-0.25, -0.2) is 0 Å². The summed E-state index contributed by atoms with van der Waals surface area (Å²) >= 11 is 3.84. The Morgan fingerprint density at radius 2 is 0.735 bits per heavy atom. The first-order valence-electron chi connectivity index (χ1n) is 12.4. The Kier molecular flexibility index (Phi) is 6.49. The molecule has 1 heterocycles. The predicted molar refractivity (Wildman–Crippen MR) is 150 cm³/mol. The van der Waals surface area contributed by atoms with Crippen LogP contribution in [0.1, 0.15) is 90.0 Å². The zero-order valence-corrected chi connectivity index (χ0v) is 25.2. The van der Waals surface area contributed by atoms with Gasteiger partial charge in [-0.2, -0.15) is 0 Å². The Morgan fingerprint density at radius 1 is 0.529 bits per heavy atom. The van der Waals surface area contributed by atoms with Gasteiger partial charge in [0.2, 0.25) is 0 Å². The van der Waals surface area contributed by atoms with Crippen LogP contribution in [0.5, 0.6) is 0 Å². The third-order valence-electron chi connectivity index (χ3n) is 6.98. The third-order valence-corrected chi connectivity index (χ3v) is 10.3.